The maximum atomic E-state index is 13.1. The van der Waals surface area contributed by atoms with E-state index in [4.69, 9.17) is 0 Å². The number of rotatable bonds is 5. The number of aryl methyl sites for hydroxylation is 2. The normalized spacial score (nSPS) is 14.8. The molecule has 0 radical (unpaired) electrons. The van der Waals surface area contributed by atoms with Crippen LogP contribution in [0.5, 0.6) is 0 Å². The molecular formula is C18H22N2O4S2. The van der Waals surface area contributed by atoms with Crippen molar-refractivity contribution in [2.24, 2.45) is 0 Å². The van der Waals surface area contributed by atoms with Gasteiger partial charge in [-0.25, -0.2) is 16.8 Å². The molecule has 1 aliphatic heterocycles. The fourth-order valence-corrected chi connectivity index (χ4v) is 5.11. The first-order valence-electron chi connectivity index (χ1n) is 8.46. The maximum absolute atomic E-state index is 13.1. The molecule has 0 bridgehead atoms. The summed E-state index contributed by atoms with van der Waals surface area (Å²) in [4.78, 5) is 0.232. The van der Waals surface area contributed by atoms with Crippen LogP contribution in [0.3, 0.4) is 0 Å². The van der Waals surface area contributed by atoms with Crippen molar-refractivity contribution in [1.29, 1.82) is 0 Å². The Labute approximate surface area is 155 Å². The molecule has 1 heterocycles. The molecule has 8 heteroatoms. The van der Waals surface area contributed by atoms with Crippen LogP contribution in [-0.4, -0.2) is 29.1 Å². The molecule has 0 aromatic heterocycles. The van der Waals surface area contributed by atoms with Crippen LogP contribution in [0.25, 0.3) is 0 Å². The van der Waals surface area contributed by atoms with Crippen LogP contribution in [0, 0.1) is 6.92 Å². The molecule has 0 aliphatic carbocycles. The van der Waals surface area contributed by atoms with Gasteiger partial charge in [0.25, 0.3) is 10.0 Å². The average Bonchev–Trinajstić information content (AvgIpc) is 2.61. The van der Waals surface area contributed by atoms with Gasteiger partial charge in [-0.1, -0.05) is 23.8 Å². The lowest BCUT2D eigenvalue weighted by molar-refractivity contribution is 0.586. The Kier molecular flexibility index (Phi) is 4.98. The van der Waals surface area contributed by atoms with E-state index in [0.29, 0.717) is 17.9 Å². The van der Waals surface area contributed by atoms with E-state index >= 15 is 0 Å². The third-order valence-electron chi connectivity index (χ3n) is 4.42. The molecule has 2 aromatic carbocycles. The van der Waals surface area contributed by atoms with Crippen molar-refractivity contribution in [3.05, 3.63) is 53.6 Å². The Morgan fingerprint density at radius 3 is 2.38 bits per heavy atom. The van der Waals surface area contributed by atoms with Crippen molar-refractivity contribution in [2.75, 3.05) is 21.3 Å². The van der Waals surface area contributed by atoms with Crippen molar-refractivity contribution >= 4 is 31.4 Å². The summed E-state index contributed by atoms with van der Waals surface area (Å²) in [7, 11) is -7.13. The van der Waals surface area contributed by atoms with Gasteiger partial charge in [-0.2, -0.15) is 0 Å². The first-order chi connectivity index (χ1) is 12.2. The number of fused-ring (bicyclic) bond motifs is 1. The van der Waals surface area contributed by atoms with Gasteiger partial charge in [-0.05, 0) is 56.5 Å². The van der Waals surface area contributed by atoms with Gasteiger partial charge in [-0.15, -0.1) is 0 Å². The maximum Gasteiger partial charge on any atom is 0.264 e. The van der Waals surface area contributed by atoms with E-state index < -0.39 is 20.0 Å². The molecule has 0 atom stereocenters. The predicted molar refractivity (Wildman–Crippen MR) is 104 cm³/mol. The van der Waals surface area contributed by atoms with Crippen LogP contribution in [0.4, 0.5) is 11.4 Å². The molecule has 0 fully saturated rings. The van der Waals surface area contributed by atoms with Gasteiger partial charge in [0.1, 0.15) is 0 Å². The molecule has 0 spiro atoms. The lowest BCUT2D eigenvalue weighted by atomic mass is 10.0. The monoisotopic (exact) mass is 394 g/mol. The standard InChI is InChI=1S/C18H22N2O4S2/c1-3-25(21,22)19-16-9-8-15-5-4-12-20(18(15)13-16)26(23,24)17-10-6-14(2)7-11-17/h6-11,13,19H,3-5,12H2,1-2H3. The van der Waals surface area contributed by atoms with E-state index in [-0.39, 0.29) is 10.6 Å². The van der Waals surface area contributed by atoms with Gasteiger partial charge >= 0.3 is 0 Å². The van der Waals surface area contributed by atoms with E-state index in [2.05, 4.69) is 4.72 Å². The smallest absolute Gasteiger partial charge is 0.264 e. The fourth-order valence-electron chi connectivity index (χ4n) is 2.94. The molecular weight excluding hydrogens is 372 g/mol. The van der Waals surface area contributed by atoms with Gasteiger partial charge in [-0.3, -0.25) is 9.03 Å². The number of nitrogens with one attached hydrogen (secondary N) is 1. The van der Waals surface area contributed by atoms with E-state index in [1.807, 2.05) is 6.92 Å². The Balaban J connectivity index is 2.03. The number of sulfonamides is 2. The largest absolute Gasteiger partial charge is 0.283 e. The number of nitrogens with zero attached hydrogens (tertiary/aromatic N) is 1. The Morgan fingerprint density at radius 2 is 1.73 bits per heavy atom. The summed E-state index contributed by atoms with van der Waals surface area (Å²) in [6.07, 6.45) is 1.48. The highest BCUT2D eigenvalue weighted by atomic mass is 32.2. The average molecular weight is 395 g/mol. The number of benzene rings is 2. The van der Waals surface area contributed by atoms with E-state index in [1.165, 1.54) is 4.31 Å². The SMILES string of the molecule is CCS(=O)(=O)Nc1ccc2c(c1)N(S(=O)(=O)c1ccc(C)cc1)CCC2. The summed E-state index contributed by atoms with van der Waals surface area (Å²) >= 11 is 0. The molecule has 1 N–H and O–H groups in total. The van der Waals surface area contributed by atoms with Crippen molar-refractivity contribution in [1.82, 2.24) is 0 Å². The third-order valence-corrected chi connectivity index (χ3v) is 7.56. The van der Waals surface area contributed by atoms with Crippen LogP contribution < -0.4 is 9.03 Å². The van der Waals surface area contributed by atoms with Gasteiger partial charge in [0.2, 0.25) is 10.0 Å². The Hall–Kier alpha value is -2.06. The second-order valence-corrected chi connectivity index (χ2v) is 10.2. The highest BCUT2D eigenvalue weighted by Crippen LogP contribution is 2.34. The zero-order chi connectivity index (χ0) is 18.9. The number of hydrogen-bond donors (Lipinski definition) is 1. The number of anilines is 2. The van der Waals surface area contributed by atoms with Crippen LogP contribution in [0.1, 0.15) is 24.5 Å². The lowest BCUT2D eigenvalue weighted by Gasteiger charge is -2.31. The minimum absolute atomic E-state index is 0.0462. The summed E-state index contributed by atoms with van der Waals surface area (Å²) in [5.74, 6) is -0.0462. The summed E-state index contributed by atoms with van der Waals surface area (Å²) in [6, 6.07) is 11.8. The molecule has 0 saturated carbocycles. The molecule has 140 valence electrons. The molecule has 26 heavy (non-hydrogen) atoms. The van der Waals surface area contributed by atoms with Gasteiger partial charge in [0.15, 0.2) is 0 Å². The van der Waals surface area contributed by atoms with Gasteiger partial charge < -0.3 is 0 Å². The molecule has 2 aromatic rings. The molecule has 0 unspecified atom stereocenters. The molecule has 0 amide bonds. The van der Waals surface area contributed by atoms with Crippen LogP contribution in [0.2, 0.25) is 0 Å². The summed E-state index contributed by atoms with van der Waals surface area (Å²) in [5, 5.41) is 0. The quantitative estimate of drug-likeness (QED) is 0.845. The topological polar surface area (TPSA) is 83.6 Å². The van der Waals surface area contributed by atoms with Crippen molar-refractivity contribution in [3.8, 4) is 0 Å². The van der Waals surface area contributed by atoms with Gasteiger partial charge in [0.05, 0.1) is 22.0 Å². The minimum Gasteiger partial charge on any atom is -0.283 e. The summed E-state index contributed by atoms with van der Waals surface area (Å²) in [6.45, 7) is 3.82. The molecule has 1 aliphatic rings. The zero-order valence-electron chi connectivity index (χ0n) is 14.8. The summed E-state index contributed by atoms with van der Waals surface area (Å²) in [5.41, 5.74) is 2.79. The highest BCUT2D eigenvalue weighted by molar-refractivity contribution is 7.93. The predicted octanol–water partition coefficient (Wildman–Crippen LogP) is 2.90. The Bertz CT molecular complexity index is 1010. The second-order valence-electron chi connectivity index (χ2n) is 6.34. The third kappa shape index (κ3) is 3.71. The van der Waals surface area contributed by atoms with Crippen molar-refractivity contribution in [3.63, 3.8) is 0 Å². The molecule has 6 nitrogen and oxygen atoms in total. The van der Waals surface area contributed by atoms with Crippen molar-refractivity contribution < 1.29 is 16.8 Å². The highest BCUT2D eigenvalue weighted by Gasteiger charge is 2.29. The first-order valence-corrected chi connectivity index (χ1v) is 11.5. The Morgan fingerprint density at radius 1 is 1.04 bits per heavy atom. The zero-order valence-corrected chi connectivity index (χ0v) is 16.4. The molecule has 0 saturated heterocycles. The second kappa shape index (κ2) is 6.92. The van der Waals surface area contributed by atoms with Crippen LogP contribution >= 0.6 is 0 Å². The minimum atomic E-state index is -3.70. The van der Waals surface area contributed by atoms with E-state index in [1.54, 1.807) is 49.4 Å². The van der Waals surface area contributed by atoms with Gasteiger partial charge in [0, 0.05) is 6.54 Å². The van der Waals surface area contributed by atoms with E-state index in [9.17, 15) is 16.8 Å². The lowest BCUT2D eigenvalue weighted by Crippen LogP contribution is -2.35. The van der Waals surface area contributed by atoms with E-state index in [0.717, 1.165) is 24.0 Å². The summed E-state index contributed by atoms with van der Waals surface area (Å²) < 4.78 is 53.7. The van der Waals surface area contributed by atoms with Crippen LogP contribution in [0.15, 0.2) is 47.4 Å². The van der Waals surface area contributed by atoms with Crippen LogP contribution in [-0.2, 0) is 26.5 Å². The first kappa shape index (κ1) is 18.7. The fraction of sp³-hybridized carbons (Fsp3) is 0.333. The number of hydrogen-bond acceptors (Lipinski definition) is 4. The van der Waals surface area contributed by atoms with Crippen molar-refractivity contribution in [2.45, 2.75) is 31.6 Å². The molecule has 3 rings (SSSR count).